The quantitative estimate of drug-likeness (QED) is 0.692. The molecule has 1 amide bonds. The number of ether oxygens (including phenoxy) is 2. The molecule has 0 aliphatic rings. The molecule has 8 heteroatoms. The van der Waals surface area contributed by atoms with Crippen molar-refractivity contribution in [1.82, 2.24) is 5.32 Å². The molecule has 2 rings (SSSR count). The maximum atomic E-state index is 12.4. The fourth-order valence-corrected chi connectivity index (χ4v) is 2.96. The number of rotatable bonds is 9. The van der Waals surface area contributed by atoms with Gasteiger partial charge in [-0.1, -0.05) is 19.1 Å². The van der Waals surface area contributed by atoms with Crippen molar-refractivity contribution in [2.75, 3.05) is 24.7 Å². The van der Waals surface area contributed by atoms with Crippen LogP contribution in [0.1, 0.15) is 18.9 Å². The van der Waals surface area contributed by atoms with Crippen molar-refractivity contribution in [2.45, 2.75) is 26.0 Å². The molecule has 2 aromatic carbocycles. The molecule has 2 aromatic rings. The Morgan fingerprint density at radius 2 is 1.64 bits per heavy atom. The Kier molecular flexibility index (Phi) is 7.28. The van der Waals surface area contributed by atoms with Gasteiger partial charge in [0.2, 0.25) is 10.0 Å². The summed E-state index contributed by atoms with van der Waals surface area (Å²) in [6, 6.07) is 14.0. The lowest BCUT2D eigenvalue weighted by Gasteiger charge is -2.19. The van der Waals surface area contributed by atoms with Gasteiger partial charge in [0.25, 0.3) is 5.91 Å². The van der Waals surface area contributed by atoms with E-state index in [1.165, 1.54) is 11.4 Å². The molecule has 0 saturated carbocycles. The summed E-state index contributed by atoms with van der Waals surface area (Å²) >= 11 is 0. The number of carbonyl (C=O) groups is 1. The molecule has 0 spiro atoms. The SMILES string of the molecule is CC[C@H](Oc1ccc(N(C)S(C)(=O)=O)cc1)C(=O)NCc1ccc(OC)cc1. The summed E-state index contributed by atoms with van der Waals surface area (Å²) in [7, 11) is -0.246. The Morgan fingerprint density at radius 3 is 2.14 bits per heavy atom. The molecule has 0 aromatic heterocycles. The van der Waals surface area contributed by atoms with Gasteiger partial charge in [0.15, 0.2) is 6.10 Å². The topological polar surface area (TPSA) is 84.9 Å². The van der Waals surface area contributed by atoms with Gasteiger partial charge in [-0.2, -0.15) is 0 Å². The molecule has 0 radical (unpaired) electrons. The first-order valence-electron chi connectivity index (χ1n) is 8.86. The second-order valence-electron chi connectivity index (χ2n) is 6.31. The molecule has 1 N–H and O–H groups in total. The number of amides is 1. The number of benzene rings is 2. The Morgan fingerprint density at radius 1 is 1.07 bits per heavy atom. The number of carbonyl (C=O) groups excluding carboxylic acids is 1. The molecule has 1 atom stereocenters. The standard InChI is InChI=1S/C20H26N2O5S/c1-5-19(20(23)21-14-15-6-10-17(26-3)11-7-15)27-18-12-8-16(9-13-18)22(2)28(4,24)25/h6-13,19H,5,14H2,1-4H3,(H,21,23)/t19-/m0/s1. The Hall–Kier alpha value is -2.74. The third-order valence-electron chi connectivity index (χ3n) is 4.27. The summed E-state index contributed by atoms with van der Waals surface area (Å²) in [5.41, 5.74) is 1.48. The van der Waals surface area contributed by atoms with Gasteiger partial charge >= 0.3 is 0 Å². The number of hydrogen-bond acceptors (Lipinski definition) is 5. The average molecular weight is 407 g/mol. The molecule has 0 saturated heterocycles. The zero-order valence-corrected chi connectivity index (χ0v) is 17.3. The summed E-state index contributed by atoms with van der Waals surface area (Å²) in [5, 5.41) is 2.86. The summed E-state index contributed by atoms with van der Waals surface area (Å²) in [6.07, 6.45) is 0.994. The predicted octanol–water partition coefficient (Wildman–Crippen LogP) is 2.56. The minimum Gasteiger partial charge on any atom is -0.497 e. The number of hydrogen-bond donors (Lipinski definition) is 1. The zero-order chi connectivity index (χ0) is 20.7. The molecule has 0 bridgehead atoms. The van der Waals surface area contributed by atoms with E-state index in [0.29, 0.717) is 24.4 Å². The highest BCUT2D eigenvalue weighted by atomic mass is 32.2. The van der Waals surface area contributed by atoms with E-state index in [1.54, 1.807) is 31.4 Å². The Balaban J connectivity index is 1.95. The highest BCUT2D eigenvalue weighted by Crippen LogP contribution is 2.21. The predicted molar refractivity (Wildman–Crippen MR) is 109 cm³/mol. The van der Waals surface area contributed by atoms with Crippen LogP contribution in [0.2, 0.25) is 0 Å². The molecular formula is C20H26N2O5S. The number of nitrogens with zero attached hydrogens (tertiary/aromatic N) is 1. The minimum absolute atomic E-state index is 0.212. The van der Waals surface area contributed by atoms with E-state index < -0.39 is 16.1 Å². The van der Waals surface area contributed by atoms with Gasteiger partial charge in [-0.15, -0.1) is 0 Å². The molecule has 0 fully saturated rings. The van der Waals surface area contributed by atoms with Crippen molar-refractivity contribution in [3.63, 3.8) is 0 Å². The summed E-state index contributed by atoms with van der Waals surface area (Å²) in [6.45, 7) is 2.25. The third kappa shape index (κ3) is 5.88. The van der Waals surface area contributed by atoms with E-state index in [-0.39, 0.29) is 5.91 Å². The van der Waals surface area contributed by atoms with E-state index in [2.05, 4.69) is 5.32 Å². The molecule has 0 heterocycles. The molecular weight excluding hydrogens is 380 g/mol. The highest BCUT2D eigenvalue weighted by molar-refractivity contribution is 7.92. The van der Waals surface area contributed by atoms with E-state index in [1.807, 2.05) is 31.2 Å². The van der Waals surface area contributed by atoms with Gasteiger partial charge < -0.3 is 14.8 Å². The molecule has 7 nitrogen and oxygen atoms in total. The molecule has 0 aliphatic carbocycles. The normalized spacial score (nSPS) is 12.1. The van der Waals surface area contributed by atoms with Crippen LogP contribution in [0.3, 0.4) is 0 Å². The van der Waals surface area contributed by atoms with Crippen LogP contribution in [0.15, 0.2) is 48.5 Å². The van der Waals surface area contributed by atoms with Gasteiger partial charge in [-0.05, 0) is 48.4 Å². The lowest BCUT2D eigenvalue weighted by atomic mass is 10.2. The van der Waals surface area contributed by atoms with E-state index >= 15 is 0 Å². The molecule has 28 heavy (non-hydrogen) atoms. The maximum absolute atomic E-state index is 12.4. The number of nitrogens with one attached hydrogen (secondary N) is 1. The fraction of sp³-hybridized carbons (Fsp3) is 0.350. The minimum atomic E-state index is -3.33. The maximum Gasteiger partial charge on any atom is 0.261 e. The Bertz CT molecular complexity index is 880. The largest absolute Gasteiger partial charge is 0.497 e. The second kappa shape index (κ2) is 9.45. The van der Waals surface area contributed by atoms with Crippen LogP contribution in [-0.2, 0) is 21.4 Å². The fourth-order valence-electron chi connectivity index (χ4n) is 2.46. The monoisotopic (exact) mass is 406 g/mol. The highest BCUT2D eigenvalue weighted by Gasteiger charge is 2.18. The van der Waals surface area contributed by atoms with Crippen LogP contribution < -0.4 is 19.1 Å². The zero-order valence-electron chi connectivity index (χ0n) is 16.5. The van der Waals surface area contributed by atoms with Crippen LogP contribution in [0, 0.1) is 0 Å². The van der Waals surface area contributed by atoms with Gasteiger partial charge in [-0.25, -0.2) is 8.42 Å². The number of anilines is 1. The van der Waals surface area contributed by atoms with Crippen molar-refractivity contribution in [1.29, 1.82) is 0 Å². The molecule has 152 valence electrons. The lowest BCUT2D eigenvalue weighted by molar-refractivity contribution is -0.128. The van der Waals surface area contributed by atoms with Crippen molar-refractivity contribution in [3.8, 4) is 11.5 Å². The van der Waals surface area contributed by atoms with Crippen LogP contribution >= 0.6 is 0 Å². The second-order valence-corrected chi connectivity index (χ2v) is 8.32. The first-order valence-corrected chi connectivity index (χ1v) is 10.7. The lowest BCUT2D eigenvalue weighted by Crippen LogP contribution is -2.37. The van der Waals surface area contributed by atoms with Gasteiger partial charge in [0.05, 0.1) is 19.1 Å². The summed E-state index contributed by atoms with van der Waals surface area (Å²) in [5.74, 6) is 1.04. The average Bonchev–Trinajstić information content (AvgIpc) is 2.69. The smallest absolute Gasteiger partial charge is 0.261 e. The van der Waals surface area contributed by atoms with Crippen LogP contribution in [-0.4, -0.2) is 40.8 Å². The van der Waals surface area contributed by atoms with E-state index in [4.69, 9.17) is 9.47 Å². The van der Waals surface area contributed by atoms with E-state index in [9.17, 15) is 13.2 Å². The third-order valence-corrected chi connectivity index (χ3v) is 5.47. The first kappa shape index (κ1) is 21.6. The molecule has 0 unspecified atom stereocenters. The van der Waals surface area contributed by atoms with Crippen LogP contribution in [0.5, 0.6) is 11.5 Å². The van der Waals surface area contributed by atoms with Crippen molar-refractivity contribution in [3.05, 3.63) is 54.1 Å². The van der Waals surface area contributed by atoms with E-state index in [0.717, 1.165) is 17.6 Å². The van der Waals surface area contributed by atoms with Gasteiger partial charge in [-0.3, -0.25) is 9.10 Å². The Labute approximate surface area is 166 Å². The van der Waals surface area contributed by atoms with Crippen molar-refractivity contribution >= 4 is 21.6 Å². The summed E-state index contributed by atoms with van der Waals surface area (Å²) < 4.78 is 35.2. The van der Waals surface area contributed by atoms with Crippen molar-refractivity contribution < 1.29 is 22.7 Å². The number of methoxy groups -OCH3 is 1. The van der Waals surface area contributed by atoms with Crippen molar-refractivity contribution in [2.24, 2.45) is 0 Å². The molecule has 0 aliphatic heterocycles. The van der Waals surface area contributed by atoms with Crippen LogP contribution in [0.25, 0.3) is 0 Å². The number of sulfonamides is 1. The summed E-state index contributed by atoms with van der Waals surface area (Å²) in [4.78, 5) is 12.4. The van der Waals surface area contributed by atoms with Crippen LogP contribution in [0.4, 0.5) is 5.69 Å². The van der Waals surface area contributed by atoms with Gasteiger partial charge in [0.1, 0.15) is 11.5 Å². The first-order chi connectivity index (χ1) is 13.2. The van der Waals surface area contributed by atoms with Gasteiger partial charge in [0, 0.05) is 13.6 Å².